The fraction of sp³-hybridized carbons (Fsp3) is 0.250. The van der Waals surface area contributed by atoms with Crippen LogP contribution in [-0.2, 0) is 5.41 Å². The molecule has 0 saturated heterocycles. The maximum atomic E-state index is 9.36. The van der Waals surface area contributed by atoms with Crippen LogP contribution in [0.1, 0.15) is 31.9 Å². The molecule has 1 aliphatic carbocycles. The van der Waals surface area contributed by atoms with E-state index >= 15 is 0 Å². The van der Waals surface area contributed by atoms with Gasteiger partial charge in [0.05, 0.1) is 0 Å². The maximum Gasteiger partial charge on any atom is 0.488 e. The Labute approximate surface area is 125 Å². The molecule has 104 valence electrons. The van der Waals surface area contributed by atoms with Crippen LogP contribution in [0.3, 0.4) is 0 Å². The lowest BCUT2D eigenvalue weighted by Gasteiger charge is -2.23. The number of halogens is 1. The molecule has 20 heavy (non-hydrogen) atoms. The van der Waals surface area contributed by atoms with Crippen LogP contribution < -0.4 is 0 Å². The zero-order valence-electron chi connectivity index (χ0n) is 11.9. The van der Waals surface area contributed by atoms with Crippen LogP contribution >= 0.6 is 11.6 Å². The molecule has 2 rings (SSSR count). The predicted octanol–water partition coefficient (Wildman–Crippen LogP) is 3.53. The highest BCUT2D eigenvalue weighted by atomic mass is 35.5. The van der Waals surface area contributed by atoms with E-state index in [4.69, 9.17) is 11.6 Å². The minimum Gasteiger partial charge on any atom is -0.423 e. The lowest BCUT2D eigenvalue weighted by atomic mass is 9.74. The highest BCUT2D eigenvalue weighted by Gasteiger charge is 2.35. The summed E-state index contributed by atoms with van der Waals surface area (Å²) in [7, 11) is -1.52. The second-order valence-corrected chi connectivity index (χ2v) is 6.01. The van der Waals surface area contributed by atoms with Crippen LogP contribution in [0.4, 0.5) is 0 Å². The molecule has 1 aromatic rings. The molecule has 2 N–H and O–H groups in total. The molecule has 1 aliphatic rings. The van der Waals surface area contributed by atoms with Gasteiger partial charge in [-0.25, -0.2) is 0 Å². The highest BCUT2D eigenvalue weighted by Crippen LogP contribution is 2.47. The van der Waals surface area contributed by atoms with Crippen molar-refractivity contribution in [1.82, 2.24) is 0 Å². The molecule has 0 bridgehead atoms. The first kappa shape index (κ1) is 15.1. The van der Waals surface area contributed by atoms with Gasteiger partial charge in [0.25, 0.3) is 0 Å². The average molecular weight is 289 g/mol. The second-order valence-electron chi connectivity index (χ2n) is 5.58. The Bertz CT molecular complexity index is 627. The minimum absolute atomic E-state index is 0.229. The summed E-state index contributed by atoms with van der Waals surface area (Å²) in [5.41, 5.74) is 4.66. The van der Waals surface area contributed by atoms with E-state index in [2.05, 4.69) is 20.4 Å². The first-order chi connectivity index (χ1) is 9.28. The Hall–Kier alpha value is -1.29. The number of fused-ring (bicyclic) bond motifs is 1. The molecular formula is C16H18BClO2. The third-order valence-corrected chi connectivity index (χ3v) is 4.22. The molecule has 0 heterocycles. The minimum atomic E-state index is -1.52. The molecule has 0 radical (unpaired) electrons. The number of hydrogen-bond acceptors (Lipinski definition) is 2. The van der Waals surface area contributed by atoms with Crippen LogP contribution in [0.5, 0.6) is 0 Å². The van der Waals surface area contributed by atoms with Crippen molar-refractivity contribution in [3.8, 4) is 0 Å². The van der Waals surface area contributed by atoms with E-state index < -0.39 is 7.12 Å². The van der Waals surface area contributed by atoms with Gasteiger partial charge in [0.15, 0.2) is 0 Å². The third kappa shape index (κ3) is 2.37. The van der Waals surface area contributed by atoms with Crippen LogP contribution in [-0.4, -0.2) is 17.2 Å². The summed E-state index contributed by atoms with van der Waals surface area (Å²) < 4.78 is 0. The molecule has 0 aliphatic heterocycles. The first-order valence-electron chi connectivity index (χ1n) is 6.51. The van der Waals surface area contributed by atoms with Gasteiger partial charge in [0, 0.05) is 10.4 Å². The quantitative estimate of drug-likeness (QED) is 0.660. The van der Waals surface area contributed by atoms with Crippen LogP contribution in [0.2, 0.25) is 5.02 Å². The summed E-state index contributed by atoms with van der Waals surface area (Å²) >= 11 is 6.10. The van der Waals surface area contributed by atoms with E-state index in [-0.39, 0.29) is 5.41 Å². The zero-order chi connectivity index (χ0) is 15.1. The van der Waals surface area contributed by atoms with Gasteiger partial charge in [-0.2, -0.15) is 0 Å². The van der Waals surface area contributed by atoms with Gasteiger partial charge in [-0.15, -0.1) is 0 Å². The number of allylic oxidation sites excluding steroid dienone is 5. The molecule has 0 atom stereocenters. The molecule has 1 aromatic carbocycles. The smallest absolute Gasteiger partial charge is 0.423 e. The lowest BCUT2D eigenvalue weighted by molar-refractivity contribution is 0.420. The summed E-state index contributed by atoms with van der Waals surface area (Å²) in [6.07, 6.45) is 3.28. The highest BCUT2D eigenvalue weighted by molar-refractivity contribution is 6.51. The largest absolute Gasteiger partial charge is 0.488 e. The fourth-order valence-corrected chi connectivity index (χ4v) is 2.99. The molecule has 0 spiro atoms. The summed E-state index contributed by atoms with van der Waals surface area (Å²) in [5, 5.41) is 19.4. The van der Waals surface area contributed by atoms with Crippen molar-refractivity contribution in [3.63, 3.8) is 0 Å². The van der Waals surface area contributed by atoms with Gasteiger partial charge in [-0.1, -0.05) is 50.2 Å². The van der Waals surface area contributed by atoms with E-state index in [0.717, 1.165) is 22.3 Å². The molecule has 4 heteroatoms. The van der Waals surface area contributed by atoms with E-state index in [1.54, 1.807) is 6.08 Å². The summed E-state index contributed by atoms with van der Waals surface area (Å²) in [6.45, 7) is 9.88. The Morgan fingerprint density at radius 3 is 2.55 bits per heavy atom. The summed E-state index contributed by atoms with van der Waals surface area (Å²) in [4.78, 5) is 0. The number of rotatable bonds is 3. The fourth-order valence-electron chi connectivity index (χ4n) is 2.81. The predicted molar refractivity (Wildman–Crippen MR) is 85.5 cm³/mol. The molecule has 2 nitrogen and oxygen atoms in total. The third-order valence-electron chi connectivity index (χ3n) is 3.98. The van der Waals surface area contributed by atoms with Crippen molar-refractivity contribution in [1.29, 1.82) is 0 Å². The van der Waals surface area contributed by atoms with Crippen LogP contribution in [0.15, 0.2) is 48.0 Å². The van der Waals surface area contributed by atoms with Crippen molar-refractivity contribution < 1.29 is 10.0 Å². The van der Waals surface area contributed by atoms with Crippen LogP contribution in [0, 0.1) is 0 Å². The maximum absolute atomic E-state index is 9.36. The summed E-state index contributed by atoms with van der Waals surface area (Å²) in [5.74, 6) is 0. The van der Waals surface area contributed by atoms with E-state index in [1.165, 1.54) is 6.08 Å². The lowest BCUT2D eigenvalue weighted by Crippen LogP contribution is -2.19. The van der Waals surface area contributed by atoms with Gasteiger partial charge >= 0.3 is 7.12 Å². The normalized spacial score (nSPS) is 17.2. The Morgan fingerprint density at radius 2 is 2.00 bits per heavy atom. The van der Waals surface area contributed by atoms with Gasteiger partial charge in [0.1, 0.15) is 0 Å². The monoisotopic (exact) mass is 288 g/mol. The van der Waals surface area contributed by atoms with Crippen molar-refractivity contribution in [2.75, 3.05) is 0 Å². The molecule has 0 saturated carbocycles. The number of benzene rings is 1. The van der Waals surface area contributed by atoms with Gasteiger partial charge < -0.3 is 10.0 Å². The van der Waals surface area contributed by atoms with Crippen molar-refractivity contribution in [2.24, 2.45) is 0 Å². The first-order valence-corrected chi connectivity index (χ1v) is 6.88. The Kier molecular flexibility index (Phi) is 3.96. The van der Waals surface area contributed by atoms with Gasteiger partial charge in [-0.05, 0) is 46.8 Å². The molecule has 0 fully saturated rings. The summed E-state index contributed by atoms with van der Waals surface area (Å²) in [6, 6.07) is 5.87. The average Bonchev–Trinajstić information content (AvgIpc) is 2.55. The molecule has 0 amide bonds. The van der Waals surface area contributed by atoms with E-state index in [9.17, 15) is 10.0 Å². The number of hydrogen-bond donors (Lipinski definition) is 2. The van der Waals surface area contributed by atoms with Crippen molar-refractivity contribution >= 4 is 24.3 Å². The Morgan fingerprint density at radius 1 is 1.35 bits per heavy atom. The Balaban J connectivity index is 2.62. The zero-order valence-corrected chi connectivity index (χ0v) is 12.7. The molecular weight excluding hydrogens is 270 g/mol. The van der Waals surface area contributed by atoms with Gasteiger partial charge in [-0.3, -0.25) is 0 Å². The van der Waals surface area contributed by atoms with Crippen molar-refractivity contribution in [2.45, 2.75) is 26.2 Å². The van der Waals surface area contributed by atoms with Crippen LogP contribution in [0.25, 0.3) is 5.57 Å². The molecule has 0 unspecified atom stereocenters. The second kappa shape index (κ2) is 5.25. The molecule has 0 aromatic heterocycles. The van der Waals surface area contributed by atoms with Gasteiger partial charge in [0.2, 0.25) is 0 Å². The van der Waals surface area contributed by atoms with E-state index in [1.807, 2.05) is 25.1 Å². The van der Waals surface area contributed by atoms with E-state index in [0.29, 0.717) is 10.5 Å². The topological polar surface area (TPSA) is 40.5 Å². The SMILES string of the molecule is C=C/C(=C\C1=C(C)c2ccc(Cl)cc2C1(C)C)B(O)O. The standard InChI is InChI=1S/C16H18BClO2/c1-5-11(17(19)20)8-14-10(2)13-7-6-12(18)9-15(13)16(14,3)4/h5-9,19-20H,1H2,2-4H3/b11-8+. The van der Waals surface area contributed by atoms with Crippen molar-refractivity contribution in [3.05, 3.63) is 64.1 Å².